The van der Waals surface area contributed by atoms with Gasteiger partial charge >= 0.3 is 0 Å². The van der Waals surface area contributed by atoms with Crippen molar-refractivity contribution in [3.8, 4) is 0 Å². The van der Waals surface area contributed by atoms with Crippen LogP contribution in [0.4, 0.5) is 0 Å². The summed E-state index contributed by atoms with van der Waals surface area (Å²) in [6, 6.07) is 8.12. The van der Waals surface area contributed by atoms with Crippen molar-refractivity contribution in [2.24, 2.45) is 5.73 Å². The molecule has 88 valence electrons. The topological polar surface area (TPSA) is 26.0 Å². The Morgan fingerprint density at radius 2 is 1.94 bits per heavy atom. The summed E-state index contributed by atoms with van der Waals surface area (Å²) in [6.45, 7) is 0. The molecule has 2 N–H and O–H groups in total. The summed E-state index contributed by atoms with van der Waals surface area (Å²) in [6.07, 6.45) is 8.47. The Morgan fingerprint density at radius 3 is 2.62 bits per heavy atom. The molecule has 0 heterocycles. The zero-order valence-corrected chi connectivity index (χ0v) is 10.5. The van der Waals surface area contributed by atoms with Crippen molar-refractivity contribution in [2.45, 2.75) is 50.5 Å². The first-order valence-electron chi connectivity index (χ1n) is 6.21. The summed E-state index contributed by atoms with van der Waals surface area (Å²) in [5.41, 5.74) is 7.80. The molecule has 1 aliphatic rings. The molecule has 0 radical (unpaired) electrons. The van der Waals surface area contributed by atoms with Crippen molar-refractivity contribution in [2.75, 3.05) is 0 Å². The van der Waals surface area contributed by atoms with Crippen LogP contribution < -0.4 is 5.73 Å². The van der Waals surface area contributed by atoms with Gasteiger partial charge in [0.25, 0.3) is 0 Å². The first kappa shape index (κ1) is 11.9. The van der Waals surface area contributed by atoms with E-state index in [0.29, 0.717) is 0 Å². The molecule has 1 aromatic rings. The first-order chi connectivity index (χ1) is 7.68. The number of aryl methyl sites for hydroxylation is 1. The molecule has 1 aromatic carbocycles. The molecule has 1 saturated carbocycles. The van der Waals surface area contributed by atoms with E-state index < -0.39 is 0 Å². The lowest BCUT2D eigenvalue weighted by Gasteiger charge is -2.33. The fourth-order valence-electron chi connectivity index (χ4n) is 2.59. The standard InChI is InChI=1S/C14H20ClN/c15-13-6-4-5-12(11-13)7-10-14(16)8-2-1-3-9-14/h4-6,11H,1-3,7-10,16H2. The highest BCUT2D eigenvalue weighted by Crippen LogP contribution is 2.29. The third-order valence-corrected chi connectivity index (χ3v) is 3.89. The fourth-order valence-corrected chi connectivity index (χ4v) is 2.80. The quantitative estimate of drug-likeness (QED) is 0.847. The smallest absolute Gasteiger partial charge is 0.0408 e. The molecule has 0 bridgehead atoms. The van der Waals surface area contributed by atoms with Gasteiger partial charge in [0.15, 0.2) is 0 Å². The van der Waals surface area contributed by atoms with E-state index in [2.05, 4.69) is 6.07 Å². The number of benzene rings is 1. The molecular formula is C14H20ClN. The van der Waals surface area contributed by atoms with E-state index >= 15 is 0 Å². The largest absolute Gasteiger partial charge is 0.325 e. The predicted octanol–water partition coefficient (Wildman–Crippen LogP) is 3.93. The molecule has 1 nitrogen and oxygen atoms in total. The van der Waals surface area contributed by atoms with Gasteiger partial charge in [-0.3, -0.25) is 0 Å². The van der Waals surface area contributed by atoms with Crippen molar-refractivity contribution in [1.29, 1.82) is 0 Å². The van der Waals surface area contributed by atoms with Crippen molar-refractivity contribution < 1.29 is 0 Å². The van der Waals surface area contributed by atoms with Gasteiger partial charge in [0.05, 0.1) is 0 Å². The minimum Gasteiger partial charge on any atom is -0.325 e. The molecule has 1 fully saturated rings. The summed E-state index contributed by atoms with van der Waals surface area (Å²) in [5.74, 6) is 0. The van der Waals surface area contributed by atoms with E-state index in [1.54, 1.807) is 0 Å². The van der Waals surface area contributed by atoms with E-state index in [1.165, 1.54) is 37.7 Å². The molecule has 0 aliphatic heterocycles. The van der Waals surface area contributed by atoms with Crippen LogP contribution in [0.5, 0.6) is 0 Å². The van der Waals surface area contributed by atoms with Crippen LogP contribution in [0.2, 0.25) is 5.02 Å². The predicted molar refractivity (Wildman–Crippen MR) is 69.8 cm³/mol. The number of nitrogens with two attached hydrogens (primary N) is 1. The molecule has 2 rings (SSSR count). The van der Waals surface area contributed by atoms with Gasteiger partial charge in [-0.1, -0.05) is 43.0 Å². The number of hydrogen-bond donors (Lipinski definition) is 1. The van der Waals surface area contributed by atoms with Gasteiger partial charge < -0.3 is 5.73 Å². The molecule has 0 amide bonds. The van der Waals surface area contributed by atoms with Gasteiger partial charge in [0.2, 0.25) is 0 Å². The molecule has 0 atom stereocenters. The maximum absolute atomic E-state index is 6.41. The minimum absolute atomic E-state index is 0.0839. The highest BCUT2D eigenvalue weighted by molar-refractivity contribution is 6.30. The Kier molecular flexibility index (Phi) is 3.88. The van der Waals surface area contributed by atoms with Gasteiger partial charge in [-0.15, -0.1) is 0 Å². The lowest BCUT2D eigenvalue weighted by atomic mass is 9.79. The lowest BCUT2D eigenvalue weighted by molar-refractivity contribution is 0.278. The zero-order chi connectivity index (χ0) is 11.4. The SMILES string of the molecule is NC1(CCc2cccc(Cl)c2)CCCCC1. The van der Waals surface area contributed by atoms with Crippen LogP contribution in [0, 0.1) is 0 Å². The average Bonchev–Trinajstić information content (AvgIpc) is 2.28. The second-order valence-electron chi connectivity index (χ2n) is 5.05. The normalized spacial score (nSPS) is 19.6. The van der Waals surface area contributed by atoms with Crippen molar-refractivity contribution in [1.82, 2.24) is 0 Å². The number of rotatable bonds is 3. The maximum Gasteiger partial charge on any atom is 0.0408 e. The third-order valence-electron chi connectivity index (χ3n) is 3.65. The second-order valence-corrected chi connectivity index (χ2v) is 5.49. The maximum atomic E-state index is 6.41. The Balaban J connectivity index is 1.91. The van der Waals surface area contributed by atoms with E-state index in [0.717, 1.165) is 17.9 Å². The molecule has 0 saturated heterocycles. The number of hydrogen-bond acceptors (Lipinski definition) is 1. The Morgan fingerprint density at radius 1 is 1.19 bits per heavy atom. The monoisotopic (exact) mass is 237 g/mol. The van der Waals surface area contributed by atoms with E-state index in [-0.39, 0.29) is 5.54 Å². The van der Waals surface area contributed by atoms with Crippen LogP contribution in [0.3, 0.4) is 0 Å². The van der Waals surface area contributed by atoms with Crippen molar-refractivity contribution in [3.63, 3.8) is 0 Å². The van der Waals surface area contributed by atoms with Gasteiger partial charge in [0.1, 0.15) is 0 Å². The molecule has 0 unspecified atom stereocenters. The Labute approximate surface area is 103 Å². The summed E-state index contributed by atoms with van der Waals surface area (Å²) in [7, 11) is 0. The summed E-state index contributed by atoms with van der Waals surface area (Å²) in [4.78, 5) is 0. The van der Waals surface area contributed by atoms with Crippen molar-refractivity contribution >= 4 is 11.6 Å². The van der Waals surface area contributed by atoms with Gasteiger partial charge in [-0.25, -0.2) is 0 Å². The highest BCUT2D eigenvalue weighted by Gasteiger charge is 2.26. The minimum atomic E-state index is 0.0839. The summed E-state index contributed by atoms with van der Waals surface area (Å²) in [5, 5.41) is 0.826. The van der Waals surface area contributed by atoms with Gasteiger partial charge in [-0.2, -0.15) is 0 Å². The third kappa shape index (κ3) is 3.23. The Bertz CT molecular complexity index is 342. The zero-order valence-electron chi connectivity index (χ0n) is 9.71. The van der Waals surface area contributed by atoms with Crippen LogP contribution in [-0.4, -0.2) is 5.54 Å². The van der Waals surface area contributed by atoms with Crippen LogP contribution in [-0.2, 0) is 6.42 Å². The molecule has 0 aromatic heterocycles. The molecule has 16 heavy (non-hydrogen) atoms. The second kappa shape index (κ2) is 5.20. The number of halogens is 1. The van der Waals surface area contributed by atoms with E-state index in [9.17, 15) is 0 Å². The molecule has 2 heteroatoms. The van der Waals surface area contributed by atoms with Crippen molar-refractivity contribution in [3.05, 3.63) is 34.9 Å². The van der Waals surface area contributed by atoms with Gasteiger partial charge in [-0.05, 0) is 43.4 Å². The van der Waals surface area contributed by atoms with Gasteiger partial charge in [0, 0.05) is 10.6 Å². The lowest BCUT2D eigenvalue weighted by Crippen LogP contribution is -2.42. The fraction of sp³-hybridized carbons (Fsp3) is 0.571. The highest BCUT2D eigenvalue weighted by atomic mass is 35.5. The first-order valence-corrected chi connectivity index (χ1v) is 6.59. The Hall–Kier alpha value is -0.530. The molecule has 1 aliphatic carbocycles. The van der Waals surface area contributed by atoms with Crippen LogP contribution in [0.25, 0.3) is 0 Å². The molecule has 0 spiro atoms. The van der Waals surface area contributed by atoms with E-state index in [1.807, 2.05) is 18.2 Å². The van der Waals surface area contributed by atoms with E-state index in [4.69, 9.17) is 17.3 Å². The van der Waals surface area contributed by atoms with Crippen LogP contribution >= 0.6 is 11.6 Å². The van der Waals surface area contributed by atoms with Crippen LogP contribution in [0.1, 0.15) is 44.1 Å². The van der Waals surface area contributed by atoms with Crippen LogP contribution in [0.15, 0.2) is 24.3 Å². The summed E-state index contributed by atoms with van der Waals surface area (Å²) >= 11 is 5.97. The average molecular weight is 238 g/mol. The molecular weight excluding hydrogens is 218 g/mol. The summed E-state index contributed by atoms with van der Waals surface area (Å²) < 4.78 is 0.